The van der Waals surface area contributed by atoms with E-state index in [-0.39, 0.29) is 29.6 Å². The zero-order chi connectivity index (χ0) is 16.4. The van der Waals surface area contributed by atoms with Gasteiger partial charge in [0.2, 0.25) is 0 Å². The van der Waals surface area contributed by atoms with E-state index in [1.54, 1.807) is 0 Å². The first-order valence-electron chi connectivity index (χ1n) is 8.60. The van der Waals surface area contributed by atoms with Crippen molar-refractivity contribution in [3.63, 3.8) is 0 Å². The van der Waals surface area contributed by atoms with E-state index in [1.165, 1.54) is 83.5 Å². The molecule has 0 bridgehead atoms. The van der Waals surface area contributed by atoms with E-state index in [9.17, 15) is 0 Å². The van der Waals surface area contributed by atoms with E-state index in [4.69, 9.17) is 19.2 Å². The molecule has 0 saturated heterocycles. The van der Waals surface area contributed by atoms with Crippen molar-refractivity contribution >= 4 is 9.05 Å². The molecule has 0 radical (unpaired) electrons. The first kappa shape index (κ1) is 27.9. The van der Waals surface area contributed by atoms with Gasteiger partial charge in [0.25, 0.3) is 0 Å². The molecule has 0 aliphatic carbocycles. The van der Waals surface area contributed by atoms with Crippen LogP contribution in [0.25, 0.3) is 0 Å². The van der Waals surface area contributed by atoms with Crippen molar-refractivity contribution in [3.8, 4) is 0 Å². The zero-order valence-electron chi connectivity index (χ0n) is 14.9. The van der Waals surface area contributed by atoms with Gasteiger partial charge in [0.05, 0.1) is 0 Å². The van der Waals surface area contributed by atoms with Gasteiger partial charge in [-0.1, -0.05) is 90.4 Å². The minimum Gasteiger partial charge on any atom is -0.368 e. The van der Waals surface area contributed by atoms with E-state index in [0.717, 1.165) is 6.42 Å². The Hall–Kier alpha value is 1.06. The largest absolute Gasteiger partial charge is 1.00 e. The van der Waals surface area contributed by atoms with Crippen LogP contribution in [0.2, 0.25) is 0 Å². The molecular weight excluding hydrogens is 307 g/mol. The van der Waals surface area contributed by atoms with Crippen molar-refractivity contribution in [3.05, 3.63) is 6.92 Å². The molecule has 0 atom stereocenters. The van der Waals surface area contributed by atoms with Crippen LogP contribution < -0.4 is 29.6 Å². The molecule has 4 nitrogen and oxygen atoms in total. The zero-order valence-corrected chi connectivity index (χ0v) is 17.9. The molecule has 0 spiro atoms. The monoisotopic (exact) mass is 344 g/mol. The minimum absolute atomic E-state index is 0. The van der Waals surface area contributed by atoms with E-state index in [1.807, 2.05) is 0 Å². The molecule has 0 rings (SSSR count). The second-order valence-electron chi connectivity index (χ2n) is 5.70. The predicted molar refractivity (Wildman–Crippen MR) is 90.3 cm³/mol. The van der Waals surface area contributed by atoms with Crippen LogP contribution >= 0.6 is 0 Å². The molecule has 6 heteroatoms. The van der Waals surface area contributed by atoms with Crippen LogP contribution in [0.3, 0.4) is 0 Å². The maximum absolute atomic E-state index is 7.33. The van der Waals surface area contributed by atoms with Crippen LogP contribution in [0, 0.1) is 6.92 Å². The second kappa shape index (κ2) is 22.1. The van der Waals surface area contributed by atoms with E-state index >= 15 is 0 Å². The Kier molecular flexibility index (Phi) is 28.0. The molecule has 0 unspecified atom stereocenters. The SMILES string of the molecule is O[Si](O)(O)O.[CH2-]CCCCCCCCCCCCCCC.[Na+]. The molecule has 0 aromatic carbocycles. The first-order chi connectivity index (χ1) is 9.91. The minimum atomic E-state index is -4.61. The van der Waals surface area contributed by atoms with E-state index in [0.29, 0.717) is 0 Å². The van der Waals surface area contributed by atoms with Gasteiger partial charge >= 0.3 is 38.6 Å². The summed E-state index contributed by atoms with van der Waals surface area (Å²) in [5.41, 5.74) is 0. The van der Waals surface area contributed by atoms with Gasteiger partial charge in [-0.3, -0.25) is 0 Å². The number of hydrogen-bond donors (Lipinski definition) is 4. The summed E-state index contributed by atoms with van der Waals surface area (Å²) in [6.07, 6.45) is 19.8. The summed E-state index contributed by atoms with van der Waals surface area (Å²) in [7, 11) is -4.61. The van der Waals surface area contributed by atoms with Gasteiger partial charge in [0.15, 0.2) is 0 Å². The van der Waals surface area contributed by atoms with Gasteiger partial charge in [0, 0.05) is 0 Å². The maximum Gasteiger partial charge on any atom is 1.00 e. The number of rotatable bonds is 13. The Balaban J connectivity index is -0.000000520. The molecule has 0 aliphatic heterocycles. The van der Waals surface area contributed by atoms with Crippen molar-refractivity contribution in [2.45, 2.75) is 96.8 Å². The third kappa shape index (κ3) is 42.9. The quantitative estimate of drug-likeness (QED) is 0.225. The van der Waals surface area contributed by atoms with Gasteiger partial charge < -0.3 is 26.1 Å². The normalized spacial score (nSPS) is 10.6. The van der Waals surface area contributed by atoms with Crippen LogP contribution in [-0.4, -0.2) is 28.2 Å². The molecule has 4 N–H and O–H groups in total. The fraction of sp³-hybridized carbons (Fsp3) is 0.938. The fourth-order valence-corrected chi connectivity index (χ4v) is 2.19. The van der Waals surface area contributed by atoms with E-state index < -0.39 is 9.05 Å². The molecule has 0 saturated carbocycles. The van der Waals surface area contributed by atoms with Crippen LogP contribution in [0.4, 0.5) is 0 Å². The van der Waals surface area contributed by atoms with Crippen molar-refractivity contribution in [2.24, 2.45) is 0 Å². The van der Waals surface area contributed by atoms with Gasteiger partial charge in [-0.05, 0) is 0 Å². The van der Waals surface area contributed by atoms with Crippen molar-refractivity contribution in [2.75, 3.05) is 0 Å². The molecular formula is C16H37NaO4Si. The van der Waals surface area contributed by atoms with Crippen LogP contribution in [0.5, 0.6) is 0 Å². The summed E-state index contributed by atoms with van der Waals surface area (Å²) in [6, 6.07) is 0. The molecule has 22 heavy (non-hydrogen) atoms. The Bertz CT molecular complexity index is 169. The van der Waals surface area contributed by atoms with Crippen LogP contribution in [-0.2, 0) is 0 Å². The maximum atomic E-state index is 7.33. The molecule has 0 heterocycles. The topological polar surface area (TPSA) is 80.9 Å². The predicted octanol–water partition coefficient (Wildman–Crippen LogP) is 0.697. The van der Waals surface area contributed by atoms with Crippen molar-refractivity contribution < 1.29 is 48.7 Å². The summed E-state index contributed by atoms with van der Waals surface area (Å²) in [5, 5.41) is 0. The summed E-state index contributed by atoms with van der Waals surface area (Å²) >= 11 is 0. The standard InChI is InChI=1S/C16H33.Na.H4O4Si/c1-3-5-7-9-11-13-15-16-14-12-10-8-6-4-2;;1-5(2,3)4/h1,3-16H2,2H3;;1-4H/q-1;+1;. The molecule has 0 aliphatic rings. The Morgan fingerprint density at radius 2 is 0.818 bits per heavy atom. The molecule has 130 valence electrons. The van der Waals surface area contributed by atoms with E-state index in [2.05, 4.69) is 13.8 Å². The smallest absolute Gasteiger partial charge is 0.368 e. The Morgan fingerprint density at radius 3 is 1.05 bits per heavy atom. The van der Waals surface area contributed by atoms with Crippen LogP contribution in [0.15, 0.2) is 0 Å². The number of unbranched alkanes of at least 4 members (excludes halogenated alkanes) is 13. The first-order valence-corrected chi connectivity index (χ1v) is 10.4. The summed E-state index contributed by atoms with van der Waals surface area (Å²) in [5.74, 6) is 0. The average molecular weight is 345 g/mol. The fourth-order valence-electron chi connectivity index (χ4n) is 2.19. The number of hydrogen-bond acceptors (Lipinski definition) is 4. The third-order valence-corrected chi connectivity index (χ3v) is 3.35. The van der Waals surface area contributed by atoms with Crippen molar-refractivity contribution in [1.29, 1.82) is 0 Å². The average Bonchev–Trinajstić information content (AvgIpc) is 2.38. The molecule has 0 amide bonds. The summed E-state index contributed by atoms with van der Waals surface area (Å²) in [6.45, 7) is 6.16. The molecule has 0 aromatic heterocycles. The van der Waals surface area contributed by atoms with Crippen LogP contribution in [0.1, 0.15) is 96.8 Å². The van der Waals surface area contributed by atoms with Gasteiger partial charge in [0.1, 0.15) is 0 Å². The Labute approximate surface area is 161 Å². The van der Waals surface area contributed by atoms with Gasteiger partial charge in [-0.2, -0.15) is 6.42 Å². The third-order valence-electron chi connectivity index (χ3n) is 3.35. The molecule has 0 aromatic rings. The second-order valence-corrected chi connectivity index (χ2v) is 6.90. The molecule has 0 fully saturated rings. The summed E-state index contributed by atoms with van der Waals surface area (Å²) < 4.78 is 0. The summed E-state index contributed by atoms with van der Waals surface area (Å²) in [4.78, 5) is 29.3. The van der Waals surface area contributed by atoms with Crippen molar-refractivity contribution in [1.82, 2.24) is 0 Å². The Morgan fingerprint density at radius 1 is 0.591 bits per heavy atom. The van der Waals surface area contributed by atoms with Gasteiger partial charge in [-0.25, -0.2) is 0 Å². The van der Waals surface area contributed by atoms with Gasteiger partial charge in [-0.15, -0.1) is 0 Å².